The van der Waals surface area contributed by atoms with Gasteiger partial charge in [0.25, 0.3) is 10.0 Å². The lowest BCUT2D eigenvalue weighted by atomic mass is 10.2. The van der Waals surface area contributed by atoms with Crippen molar-refractivity contribution in [3.8, 4) is 5.69 Å². The van der Waals surface area contributed by atoms with Gasteiger partial charge in [0.2, 0.25) is 5.91 Å². The molecule has 0 radical (unpaired) electrons. The SMILES string of the molecule is Cc1nn(-c2ccc(S(=O)(=O)NC(=O)CCNC(=O)OC(C)(C)C)cc2)c(C)c1Cl. The van der Waals surface area contributed by atoms with E-state index in [1.54, 1.807) is 51.4 Å². The van der Waals surface area contributed by atoms with Gasteiger partial charge < -0.3 is 10.1 Å². The Morgan fingerprint density at radius 2 is 1.77 bits per heavy atom. The summed E-state index contributed by atoms with van der Waals surface area (Å²) in [6.07, 6.45) is -0.904. The van der Waals surface area contributed by atoms with E-state index in [1.807, 2.05) is 4.72 Å². The van der Waals surface area contributed by atoms with Crippen molar-refractivity contribution in [1.29, 1.82) is 0 Å². The summed E-state index contributed by atoms with van der Waals surface area (Å²) in [4.78, 5) is 23.4. The number of halogens is 1. The van der Waals surface area contributed by atoms with E-state index in [9.17, 15) is 18.0 Å². The molecule has 0 aliphatic carbocycles. The second kappa shape index (κ2) is 9.05. The zero-order chi connectivity index (χ0) is 22.7. The summed E-state index contributed by atoms with van der Waals surface area (Å²) in [5.74, 6) is -0.750. The van der Waals surface area contributed by atoms with Gasteiger partial charge in [0, 0.05) is 13.0 Å². The number of nitrogens with zero attached hydrogens (tertiary/aromatic N) is 2. The van der Waals surface area contributed by atoms with Gasteiger partial charge >= 0.3 is 6.09 Å². The van der Waals surface area contributed by atoms with Gasteiger partial charge in [-0.2, -0.15) is 5.10 Å². The molecule has 30 heavy (non-hydrogen) atoms. The van der Waals surface area contributed by atoms with Gasteiger partial charge in [0.15, 0.2) is 0 Å². The number of sulfonamides is 1. The van der Waals surface area contributed by atoms with Crippen LogP contribution in [0.4, 0.5) is 4.79 Å². The van der Waals surface area contributed by atoms with E-state index in [4.69, 9.17) is 16.3 Å². The Labute approximate surface area is 180 Å². The van der Waals surface area contributed by atoms with Gasteiger partial charge in [0.05, 0.1) is 27.0 Å². The maximum atomic E-state index is 12.4. The highest BCUT2D eigenvalue weighted by molar-refractivity contribution is 7.90. The van der Waals surface area contributed by atoms with E-state index in [2.05, 4.69) is 10.4 Å². The molecule has 1 heterocycles. The number of aryl methyl sites for hydroxylation is 1. The molecule has 0 fully saturated rings. The summed E-state index contributed by atoms with van der Waals surface area (Å²) in [6.45, 7) is 8.64. The van der Waals surface area contributed by atoms with Crippen LogP contribution in [-0.4, -0.2) is 42.3 Å². The highest BCUT2D eigenvalue weighted by Gasteiger charge is 2.19. The molecule has 2 rings (SSSR count). The van der Waals surface area contributed by atoms with Crippen LogP contribution in [0.25, 0.3) is 5.69 Å². The largest absolute Gasteiger partial charge is 0.444 e. The zero-order valence-electron chi connectivity index (χ0n) is 17.4. The minimum Gasteiger partial charge on any atom is -0.444 e. The van der Waals surface area contributed by atoms with Crippen LogP contribution in [0.3, 0.4) is 0 Å². The smallest absolute Gasteiger partial charge is 0.407 e. The number of benzene rings is 1. The van der Waals surface area contributed by atoms with Crippen LogP contribution in [0.15, 0.2) is 29.2 Å². The molecule has 2 aromatic rings. The molecular formula is C19H25ClN4O5S. The van der Waals surface area contributed by atoms with Gasteiger partial charge in [-0.05, 0) is 58.9 Å². The first-order valence-corrected chi connectivity index (χ1v) is 11.0. The number of hydrogen-bond acceptors (Lipinski definition) is 6. The second-order valence-corrected chi connectivity index (χ2v) is 9.66. The van der Waals surface area contributed by atoms with Crippen molar-refractivity contribution in [1.82, 2.24) is 19.8 Å². The quantitative estimate of drug-likeness (QED) is 0.689. The Bertz CT molecular complexity index is 1040. The van der Waals surface area contributed by atoms with Crippen molar-refractivity contribution < 1.29 is 22.7 Å². The van der Waals surface area contributed by atoms with Gasteiger partial charge in [-0.25, -0.2) is 22.6 Å². The van der Waals surface area contributed by atoms with Crippen molar-refractivity contribution in [2.75, 3.05) is 6.54 Å². The maximum Gasteiger partial charge on any atom is 0.407 e. The Hall–Kier alpha value is -2.59. The molecule has 0 aliphatic rings. The zero-order valence-corrected chi connectivity index (χ0v) is 19.0. The predicted octanol–water partition coefficient (Wildman–Crippen LogP) is 2.86. The first kappa shape index (κ1) is 23.7. The number of ether oxygens (including phenoxy) is 1. The standard InChI is InChI=1S/C19H25ClN4O5S/c1-12-17(20)13(2)24(22-12)14-6-8-15(9-7-14)30(27,28)23-16(25)10-11-21-18(26)29-19(3,4)5/h6-9H,10-11H2,1-5H3,(H,21,26)(H,23,25). The third-order valence-corrected chi connectivity index (χ3v) is 5.80. The topological polar surface area (TPSA) is 119 Å². The number of rotatable bonds is 6. The summed E-state index contributed by atoms with van der Waals surface area (Å²) in [6, 6.07) is 5.88. The highest BCUT2D eigenvalue weighted by atomic mass is 35.5. The molecular weight excluding hydrogens is 432 g/mol. The summed E-state index contributed by atoms with van der Waals surface area (Å²) in [7, 11) is -4.05. The molecule has 0 saturated heterocycles. The maximum absolute atomic E-state index is 12.4. The Morgan fingerprint density at radius 3 is 2.27 bits per heavy atom. The van der Waals surface area contributed by atoms with Crippen molar-refractivity contribution in [3.05, 3.63) is 40.7 Å². The van der Waals surface area contributed by atoms with Crippen molar-refractivity contribution >= 4 is 33.6 Å². The first-order valence-electron chi connectivity index (χ1n) is 9.15. The summed E-state index contributed by atoms with van der Waals surface area (Å²) < 4.78 is 33.4. The fourth-order valence-electron chi connectivity index (χ4n) is 2.49. The number of amides is 2. The molecule has 164 valence electrons. The van der Waals surface area contributed by atoms with Gasteiger partial charge in [-0.1, -0.05) is 11.6 Å². The van der Waals surface area contributed by atoms with E-state index in [0.717, 1.165) is 5.69 Å². The third-order valence-electron chi connectivity index (χ3n) is 3.86. The van der Waals surface area contributed by atoms with Gasteiger partial charge in [-0.3, -0.25) is 4.79 Å². The summed E-state index contributed by atoms with van der Waals surface area (Å²) in [5.41, 5.74) is 1.36. The molecule has 1 aromatic carbocycles. The lowest BCUT2D eigenvalue weighted by molar-refractivity contribution is -0.119. The fourth-order valence-corrected chi connectivity index (χ4v) is 3.63. The van der Waals surface area contributed by atoms with Crippen LogP contribution in [0.5, 0.6) is 0 Å². The average Bonchev–Trinajstić information content (AvgIpc) is 2.87. The molecule has 0 spiro atoms. The molecule has 1 aromatic heterocycles. The van der Waals surface area contributed by atoms with Crippen molar-refractivity contribution in [2.24, 2.45) is 0 Å². The number of nitrogens with one attached hydrogen (secondary N) is 2. The van der Waals surface area contributed by atoms with Crippen LogP contribution in [-0.2, 0) is 19.6 Å². The second-order valence-electron chi connectivity index (χ2n) is 7.60. The van der Waals surface area contributed by atoms with Gasteiger partial charge in [0.1, 0.15) is 5.60 Å². The Kier molecular flexibility index (Phi) is 7.14. The average molecular weight is 457 g/mol. The highest BCUT2D eigenvalue weighted by Crippen LogP contribution is 2.23. The van der Waals surface area contributed by atoms with E-state index < -0.39 is 27.6 Å². The minimum atomic E-state index is -4.05. The summed E-state index contributed by atoms with van der Waals surface area (Å²) in [5, 5.41) is 7.25. The van der Waals surface area contributed by atoms with Crippen molar-refractivity contribution in [2.45, 2.75) is 51.5 Å². The molecule has 0 unspecified atom stereocenters. The van der Waals surface area contributed by atoms with E-state index in [1.165, 1.54) is 12.1 Å². The molecule has 0 saturated carbocycles. The van der Waals surface area contributed by atoms with Crippen LogP contribution in [0.1, 0.15) is 38.6 Å². The van der Waals surface area contributed by atoms with E-state index in [0.29, 0.717) is 16.4 Å². The Morgan fingerprint density at radius 1 is 1.17 bits per heavy atom. The monoisotopic (exact) mass is 456 g/mol. The normalized spacial score (nSPS) is 11.8. The first-order chi connectivity index (χ1) is 13.8. The summed E-state index contributed by atoms with van der Waals surface area (Å²) >= 11 is 6.14. The van der Waals surface area contributed by atoms with Crippen LogP contribution in [0, 0.1) is 13.8 Å². The molecule has 0 atom stereocenters. The molecule has 11 heteroatoms. The lowest BCUT2D eigenvalue weighted by Crippen LogP contribution is -2.36. The fraction of sp³-hybridized carbons (Fsp3) is 0.421. The molecule has 2 N–H and O–H groups in total. The van der Waals surface area contributed by atoms with Crippen LogP contribution in [0.2, 0.25) is 5.02 Å². The number of carbonyl (C=O) groups excluding carboxylic acids is 2. The van der Waals surface area contributed by atoms with Crippen LogP contribution >= 0.6 is 11.6 Å². The number of carbonyl (C=O) groups is 2. The number of aromatic nitrogens is 2. The minimum absolute atomic E-state index is 0.0616. The molecule has 2 amide bonds. The molecule has 0 aliphatic heterocycles. The predicted molar refractivity (Wildman–Crippen MR) is 112 cm³/mol. The number of alkyl carbamates (subject to hydrolysis) is 1. The van der Waals surface area contributed by atoms with E-state index >= 15 is 0 Å². The molecule has 9 nitrogen and oxygen atoms in total. The third kappa shape index (κ3) is 6.20. The Balaban J connectivity index is 1.97. The number of hydrogen-bond donors (Lipinski definition) is 2. The lowest BCUT2D eigenvalue weighted by Gasteiger charge is -2.19. The van der Waals surface area contributed by atoms with Crippen molar-refractivity contribution in [3.63, 3.8) is 0 Å². The van der Waals surface area contributed by atoms with Gasteiger partial charge in [-0.15, -0.1) is 0 Å². The van der Waals surface area contributed by atoms with Crippen LogP contribution < -0.4 is 10.0 Å². The van der Waals surface area contributed by atoms with E-state index in [-0.39, 0.29) is 17.9 Å². The molecule has 0 bridgehead atoms.